The Labute approximate surface area is 111 Å². The minimum absolute atomic E-state index is 0.108. The lowest BCUT2D eigenvalue weighted by Gasteiger charge is -2.24. The van der Waals surface area contributed by atoms with E-state index in [1.807, 2.05) is 11.8 Å². The van der Waals surface area contributed by atoms with Crippen LogP contribution in [0.4, 0.5) is 4.39 Å². The molecule has 1 aromatic rings. The fourth-order valence-electron chi connectivity index (χ4n) is 2.69. The highest BCUT2D eigenvalue weighted by atomic mass is 19.1. The summed E-state index contributed by atoms with van der Waals surface area (Å²) in [7, 11) is 1.53. The van der Waals surface area contributed by atoms with Crippen LogP contribution >= 0.6 is 0 Å². The van der Waals surface area contributed by atoms with Crippen molar-refractivity contribution in [3.63, 3.8) is 0 Å². The predicted octanol–water partition coefficient (Wildman–Crippen LogP) is 2.13. The normalized spacial score (nSPS) is 23.5. The second kappa shape index (κ2) is 5.57. The quantitative estimate of drug-likeness (QED) is 0.908. The van der Waals surface area contributed by atoms with Gasteiger partial charge in [-0.3, -0.25) is 9.69 Å². The number of halogens is 1. The Morgan fingerprint density at radius 3 is 2.95 bits per heavy atom. The Balaban J connectivity index is 2.21. The number of rotatable bonds is 4. The zero-order valence-electron chi connectivity index (χ0n) is 11.1. The van der Waals surface area contributed by atoms with Gasteiger partial charge < -0.3 is 9.84 Å². The molecule has 2 atom stereocenters. The van der Waals surface area contributed by atoms with Crippen molar-refractivity contribution >= 4 is 5.97 Å². The van der Waals surface area contributed by atoms with Gasteiger partial charge in [0.05, 0.1) is 7.11 Å². The summed E-state index contributed by atoms with van der Waals surface area (Å²) in [6, 6.07) is 3.80. The predicted molar refractivity (Wildman–Crippen MR) is 68.6 cm³/mol. The lowest BCUT2D eigenvalue weighted by Crippen LogP contribution is -2.38. The summed E-state index contributed by atoms with van der Waals surface area (Å²) < 4.78 is 18.5. The number of hydrogen-bond acceptors (Lipinski definition) is 3. The molecule has 19 heavy (non-hydrogen) atoms. The molecule has 0 radical (unpaired) electrons. The van der Waals surface area contributed by atoms with Crippen LogP contribution in [0.1, 0.15) is 18.9 Å². The monoisotopic (exact) mass is 267 g/mol. The van der Waals surface area contributed by atoms with Gasteiger partial charge in [0.2, 0.25) is 0 Å². The molecule has 2 rings (SSSR count). The van der Waals surface area contributed by atoms with Crippen molar-refractivity contribution in [2.45, 2.75) is 25.9 Å². The molecule has 5 heteroatoms. The highest BCUT2D eigenvalue weighted by Crippen LogP contribution is 2.29. The topological polar surface area (TPSA) is 49.8 Å². The summed E-state index contributed by atoms with van der Waals surface area (Å²) in [5.41, 5.74) is 0.683. The van der Waals surface area contributed by atoms with Crippen LogP contribution in [0.5, 0.6) is 5.75 Å². The molecule has 1 aliphatic rings. The van der Waals surface area contributed by atoms with E-state index < -0.39 is 12.0 Å². The third kappa shape index (κ3) is 2.87. The molecule has 0 aliphatic carbocycles. The van der Waals surface area contributed by atoms with Gasteiger partial charge in [0.25, 0.3) is 0 Å². The molecule has 4 nitrogen and oxygen atoms in total. The Morgan fingerprint density at radius 1 is 1.58 bits per heavy atom. The second-order valence-corrected chi connectivity index (χ2v) is 4.98. The van der Waals surface area contributed by atoms with E-state index in [1.165, 1.54) is 19.2 Å². The number of benzene rings is 1. The van der Waals surface area contributed by atoms with Gasteiger partial charge in [-0.15, -0.1) is 0 Å². The number of hydrogen-bond donors (Lipinski definition) is 1. The van der Waals surface area contributed by atoms with E-state index in [1.54, 1.807) is 6.07 Å². The standard InChI is InChI=1S/C14H18FNO3/c1-9-5-6-16(13(9)14(17)18)8-10-7-11(15)3-4-12(10)19-2/h3-4,7,9,13H,5-6,8H2,1-2H3,(H,17,18). The number of ether oxygens (including phenoxy) is 1. The van der Waals surface area contributed by atoms with E-state index in [4.69, 9.17) is 4.74 Å². The van der Waals surface area contributed by atoms with Crippen LogP contribution in [0, 0.1) is 11.7 Å². The van der Waals surface area contributed by atoms with Crippen LogP contribution in [0.2, 0.25) is 0 Å². The average molecular weight is 267 g/mol. The summed E-state index contributed by atoms with van der Waals surface area (Å²) >= 11 is 0. The first-order chi connectivity index (χ1) is 9.02. The molecule has 0 bridgehead atoms. The third-order valence-corrected chi connectivity index (χ3v) is 3.67. The molecule has 104 valence electrons. The molecular weight excluding hydrogens is 249 g/mol. The SMILES string of the molecule is COc1ccc(F)cc1CN1CCC(C)C1C(=O)O. The zero-order valence-corrected chi connectivity index (χ0v) is 11.1. The molecule has 0 saturated carbocycles. The van der Waals surface area contributed by atoms with Crippen molar-refractivity contribution in [2.75, 3.05) is 13.7 Å². The third-order valence-electron chi connectivity index (χ3n) is 3.67. The minimum Gasteiger partial charge on any atom is -0.496 e. The Bertz CT molecular complexity index is 478. The first-order valence-corrected chi connectivity index (χ1v) is 6.32. The number of carboxylic acids is 1. The van der Waals surface area contributed by atoms with Gasteiger partial charge in [0.1, 0.15) is 17.6 Å². The summed E-state index contributed by atoms with van der Waals surface area (Å²) in [5, 5.41) is 9.27. The number of carboxylic acid groups (broad SMARTS) is 1. The van der Waals surface area contributed by atoms with E-state index in [9.17, 15) is 14.3 Å². The summed E-state index contributed by atoms with van der Waals surface area (Å²) in [6.07, 6.45) is 0.842. The number of aliphatic carboxylic acids is 1. The van der Waals surface area contributed by atoms with Crippen molar-refractivity contribution in [2.24, 2.45) is 5.92 Å². The van der Waals surface area contributed by atoms with E-state index in [2.05, 4.69) is 0 Å². The highest BCUT2D eigenvalue weighted by molar-refractivity contribution is 5.74. The number of carbonyl (C=O) groups is 1. The van der Waals surface area contributed by atoms with E-state index in [0.29, 0.717) is 24.4 Å². The maximum absolute atomic E-state index is 13.3. The lowest BCUT2D eigenvalue weighted by molar-refractivity contribution is -0.143. The van der Waals surface area contributed by atoms with Gasteiger partial charge >= 0.3 is 5.97 Å². The lowest BCUT2D eigenvalue weighted by atomic mass is 10.0. The van der Waals surface area contributed by atoms with Crippen molar-refractivity contribution in [1.82, 2.24) is 4.90 Å². The fraction of sp³-hybridized carbons (Fsp3) is 0.500. The molecule has 0 amide bonds. The molecule has 1 N–H and O–H groups in total. The Hall–Kier alpha value is -1.62. The largest absolute Gasteiger partial charge is 0.496 e. The van der Waals surface area contributed by atoms with Gasteiger partial charge in [0, 0.05) is 12.1 Å². The first kappa shape index (κ1) is 13.8. The van der Waals surface area contributed by atoms with Crippen LogP contribution in [0.3, 0.4) is 0 Å². The smallest absolute Gasteiger partial charge is 0.321 e. The number of methoxy groups -OCH3 is 1. The van der Waals surface area contributed by atoms with E-state index in [-0.39, 0.29) is 11.7 Å². The van der Waals surface area contributed by atoms with Crippen LogP contribution in [0.15, 0.2) is 18.2 Å². The average Bonchev–Trinajstić information content (AvgIpc) is 2.71. The maximum Gasteiger partial charge on any atom is 0.321 e. The highest BCUT2D eigenvalue weighted by Gasteiger charge is 2.36. The number of likely N-dealkylation sites (tertiary alicyclic amines) is 1. The summed E-state index contributed by atoms with van der Waals surface area (Å²) in [6.45, 7) is 3.03. The molecule has 0 spiro atoms. The first-order valence-electron chi connectivity index (χ1n) is 6.32. The van der Waals surface area contributed by atoms with Gasteiger partial charge in [-0.1, -0.05) is 6.92 Å². The molecule has 1 saturated heterocycles. The molecule has 2 unspecified atom stereocenters. The fourth-order valence-corrected chi connectivity index (χ4v) is 2.69. The van der Waals surface area contributed by atoms with Crippen LogP contribution in [-0.4, -0.2) is 35.7 Å². The molecule has 1 heterocycles. The van der Waals surface area contributed by atoms with Gasteiger partial charge in [-0.05, 0) is 37.1 Å². The van der Waals surface area contributed by atoms with Crippen LogP contribution < -0.4 is 4.74 Å². The van der Waals surface area contributed by atoms with Crippen molar-refractivity contribution in [3.8, 4) is 5.75 Å². The van der Waals surface area contributed by atoms with Gasteiger partial charge in [-0.25, -0.2) is 4.39 Å². The molecular formula is C14H18FNO3. The Kier molecular flexibility index (Phi) is 4.04. The van der Waals surface area contributed by atoms with Gasteiger partial charge in [0.15, 0.2) is 0 Å². The van der Waals surface area contributed by atoms with Crippen LogP contribution in [0.25, 0.3) is 0 Å². The van der Waals surface area contributed by atoms with Crippen molar-refractivity contribution < 1.29 is 19.0 Å². The van der Waals surface area contributed by atoms with Crippen molar-refractivity contribution in [3.05, 3.63) is 29.6 Å². The zero-order chi connectivity index (χ0) is 14.0. The molecule has 1 aliphatic heterocycles. The summed E-state index contributed by atoms with van der Waals surface area (Å²) in [4.78, 5) is 13.2. The van der Waals surface area contributed by atoms with E-state index >= 15 is 0 Å². The molecule has 1 aromatic carbocycles. The van der Waals surface area contributed by atoms with E-state index in [0.717, 1.165) is 6.42 Å². The maximum atomic E-state index is 13.3. The minimum atomic E-state index is -0.819. The Morgan fingerprint density at radius 2 is 2.32 bits per heavy atom. The van der Waals surface area contributed by atoms with Crippen LogP contribution in [-0.2, 0) is 11.3 Å². The second-order valence-electron chi connectivity index (χ2n) is 4.98. The number of nitrogens with zero attached hydrogens (tertiary/aromatic N) is 1. The summed E-state index contributed by atoms with van der Waals surface area (Å²) in [5.74, 6) is -0.461. The molecule has 1 fully saturated rings. The molecule has 0 aromatic heterocycles. The van der Waals surface area contributed by atoms with Crippen molar-refractivity contribution in [1.29, 1.82) is 0 Å². The van der Waals surface area contributed by atoms with Gasteiger partial charge in [-0.2, -0.15) is 0 Å².